The van der Waals surface area contributed by atoms with Crippen molar-refractivity contribution in [1.29, 1.82) is 0 Å². The number of benzene rings is 1. The Bertz CT molecular complexity index is 951. The summed E-state index contributed by atoms with van der Waals surface area (Å²) in [7, 11) is 0. The van der Waals surface area contributed by atoms with Crippen LogP contribution in [0.1, 0.15) is 12.7 Å². The highest BCUT2D eigenvalue weighted by Crippen LogP contribution is 2.29. The van der Waals surface area contributed by atoms with Gasteiger partial charge in [0.05, 0.1) is 36.5 Å². The zero-order chi connectivity index (χ0) is 19.3. The fourth-order valence-corrected chi connectivity index (χ4v) is 4.87. The lowest BCUT2D eigenvalue weighted by Gasteiger charge is -2.25. The van der Waals surface area contributed by atoms with Gasteiger partial charge in [-0.15, -0.1) is 10.2 Å². The molecule has 28 heavy (non-hydrogen) atoms. The van der Waals surface area contributed by atoms with Gasteiger partial charge in [-0.25, -0.2) is 4.98 Å². The van der Waals surface area contributed by atoms with Gasteiger partial charge in [0.1, 0.15) is 5.82 Å². The van der Waals surface area contributed by atoms with Crippen molar-refractivity contribution in [2.45, 2.75) is 23.6 Å². The van der Waals surface area contributed by atoms with Crippen LogP contribution in [-0.2, 0) is 21.8 Å². The van der Waals surface area contributed by atoms with Gasteiger partial charge in [0.2, 0.25) is 11.0 Å². The van der Waals surface area contributed by atoms with Gasteiger partial charge in [0, 0.05) is 19.6 Å². The third-order valence-corrected chi connectivity index (χ3v) is 6.47. The number of hydrogen-bond acceptors (Lipinski definition) is 8. The number of carbonyl (C=O) groups is 1. The Kier molecular flexibility index (Phi) is 6.20. The molecule has 148 valence electrons. The van der Waals surface area contributed by atoms with Crippen LogP contribution in [0.15, 0.2) is 28.6 Å². The number of ether oxygens (including phenoxy) is 1. The molecule has 1 amide bonds. The zero-order valence-corrected chi connectivity index (χ0v) is 17.3. The van der Waals surface area contributed by atoms with E-state index in [2.05, 4.69) is 38.0 Å². The average molecular weight is 419 g/mol. The number of imidazole rings is 1. The first-order chi connectivity index (χ1) is 13.7. The highest BCUT2D eigenvalue weighted by molar-refractivity contribution is 8.00. The van der Waals surface area contributed by atoms with Crippen molar-refractivity contribution in [3.05, 3.63) is 30.1 Å². The summed E-state index contributed by atoms with van der Waals surface area (Å²) in [6, 6.07) is 8.16. The van der Waals surface area contributed by atoms with E-state index in [-0.39, 0.29) is 5.91 Å². The number of fused-ring (bicyclic) bond motifs is 1. The van der Waals surface area contributed by atoms with Crippen molar-refractivity contribution in [3.63, 3.8) is 0 Å². The summed E-state index contributed by atoms with van der Waals surface area (Å²) in [5.74, 6) is 1.66. The summed E-state index contributed by atoms with van der Waals surface area (Å²) in [5.41, 5.74) is 2.15. The Labute approximate surface area is 171 Å². The molecular weight excluding hydrogens is 396 g/mol. The number of carbonyl (C=O) groups excluding carboxylic acids is 1. The molecule has 8 nitrogen and oxygen atoms in total. The number of aryl methyl sites for hydroxylation is 1. The second-order valence-corrected chi connectivity index (χ2v) is 8.56. The maximum atomic E-state index is 12.2. The molecule has 0 atom stereocenters. The lowest BCUT2D eigenvalue weighted by atomic mass is 10.3. The summed E-state index contributed by atoms with van der Waals surface area (Å²) < 4.78 is 8.33. The standard InChI is InChI=1S/C18H22N6O2S2/c1-2-24-14-6-4-3-5-13(14)19-15(24)12-27-18-22-21-17(28-18)20-16(25)11-23-7-9-26-10-8-23/h3-6H,2,7-12H2,1H3,(H,20,21,25). The molecule has 0 radical (unpaired) electrons. The molecule has 1 aromatic carbocycles. The Morgan fingerprint density at radius 1 is 1.29 bits per heavy atom. The van der Waals surface area contributed by atoms with Crippen LogP contribution in [0.2, 0.25) is 0 Å². The van der Waals surface area contributed by atoms with Crippen LogP contribution in [-0.4, -0.2) is 63.4 Å². The van der Waals surface area contributed by atoms with Crippen molar-refractivity contribution in [1.82, 2.24) is 24.6 Å². The number of aromatic nitrogens is 4. The van der Waals surface area contributed by atoms with Crippen molar-refractivity contribution < 1.29 is 9.53 Å². The van der Waals surface area contributed by atoms with E-state index in [0.717, 1.165) is 40.8 Å². The van der Waals surface area contributed by atoms with E-state index in [9.17, 15) is 4.79 Å². The molecule has 4 rings (SSSR count). The van der Waals surface area contributed by atoms with Crippen molar-refractivity contribution in [2.24, 2.45) is 0 Å². The lowest BCUT2D eigenvalue weighted by Crippen LogP contribution is -2.41. The molecule has 1 N–H and O–H groups in total. The molecule has 1 fully saturated rings. The molecule has 0 spiro atoms. The van der Waals surface area contributed by atoms with E-state index >= 15 is 0 Å². The van der Waals surface area contributed by atoms with Crippen molar-refractivity contribution >= 4 is 45.2 Å². The number of para-hydroxylation sites is 2. The van der Waals surface area contributed by atoms with Crippen molar-refractivity contribution in [3.8, 4) is 0 Å². The number of anilines is 1. The summed E-state index contributed by atoms with van der Waals surface area (Å²) in [4.78, 5) is 19.0. The SMILES string of the molecule is CCn1c(CSc2nnc(NC(=O)CN3CCOCC3)s2)nc2ccccc21. The summed E-state index contributed by atoms with van der Waals surface area (Å²) in [5, 5.41) is 11.7. The molecule has 0 aliphatic carbocycles. The first kappa shape index (κ1) is 19.3. The number of morpholine rings is 1. The van der Waals surface area contributed by atoms with Gasteiger partial charge < -0.3 is 9.30 Å². The van der Waals surface area contributed by atoms with E-state index in [1.807, 2.05) is 18.2 Å². The minimum Gasteiger partial charge on any atom is -0.379 e. The summed E-state index contributed by atoms with van der Waals surface area (Å²) in [6.45, 7) is 6.26. The Balaban J connectivity index is 1.34. The minimum atomic E-state index is -0.0672. The molecule has 0 saturated carbocycles. The van der Waals surface area contributed by atoms with Gasteiger partial charge >= 0.3 is 0 Å². The van der Waals surface area contributed by atoms with Crippen LogP contribution < -0.4 is 5.32 Å². The smallest absolute Gasteiger partial charge is 0.240 e. The number of amides is 1. The maximum Gasteiger partial charge on any atom is 0.240 e. The Morgan fingerprint density at radius 3 is 2.93 bits per heavy atom. The normalized spacial score (nSPS) is 15.2. The quantitative estimate of drug-likeness (QED) is 0.466. The van der Waals surface area contributed by atoms with Crippen LogP contribution in [0.5, 0.6) is 0 Å². The highest BCUT2D eigenvalue weighted by Gasteiger charge is 2.16. The number of thioether (sulfide) groups is 1. The molecule has 1 aliphatic heterocycles. The average Bonchev–Trinajstić information content (AvgIpc) is 3.30. The van der Waals surface area contributed by atoms with Gasteiger partial charge in [0.25, 0.3) is 0 Å². The largest absolute Gasteiger partial charge is 0.379 e. The monoisotopic (exact) mass is 418 g/mol. The van der Waals surface area contributed by atoms with E-state index < -0.39 is 0 Å². The molecule has 0 unspecified atom stereocenters. The third-order valence-electron chi connectivity index (χ3n) is 4.50. The fraction of sp³-hybridized carbons (Fsp3) is 0.444. The van der Waals surface area contributed by atoms with E-state index in [1.165, 1.54) is 11.3 Å². The van der Waals surface area contributed by atoms with Crippen LogP contribution in [0.3, 0.4) is 0 Å². The fourth-order valence-electron chi connectivity index (χ4n) is 3.15. The molecule has 1 saturated heterocycles. The first-order valence-corrected chi connectivity index (χ1v) is 11.0. The molecule has 3 heterocycles. The van der Waals surface area contributed by atoms with Crippen LogP contribution in [0.4, 0.5) is 5.13 Å². The Morgan fingerprint density at radius 2 is 2.11 bits per heavy atom. The van der Waals surface area contributed by atoms with Crippen LogP contribution in [0.25, 0.3) is 11.0 Å². The predicted molar refractivity (Wildman–Crippen MR) is 111 cm³/mol. The van der Waals surface area contributed by atoms with Gasteiger partial charge in [-0.1, -0.05) is 35.2 Å². The predicted octanol–water partition coefficient (Wildman–Crippen LogP) is 2.47. The molecule has 10 heteroatoms. The van der Waals surface area contributed by atoms with Crippen molar-refractivity contribution in [2.75, 3.05) is 38.2 Å². The number of hydrogen-bond donors (Lipinski definition) is 1. The van der Waals surface area contributed by atoms with Gasteiger partial charge in [-0.3, -0.25) is 15.0 Å². The third kappa shape index (κ3) is 4.52. The van der Waals surface area contributed by atoms with Gasteiger partial charge in [-0.2, -0.15) is 0 Å². The van der Waals surface area contributed by atoms with Gasteiger partial charge in [0.15, 0.2) is 4.34 Å². The lowest BCUT2D eigenvalue weighted by molar-refractivity contribution is -0.118. The number of nitrogens with one attached hydrogen (secondary N) is 1. The second-order valence-electron chi connectivity index (χ2n) is 6.36. The molecular formula is C18H22N6O2S2. The Hall–Kier alpha value is -2.01. The first-order valence-electron chi connectivity index (χ1n) is 9.23. The number of rotatable bonds is 7. The topological polar surface area (TPSA) is 85.2 Å². The van der Waals surface area contributed by atoms with E-state index in [1.54, 1.807) is 11.8 Å². The summed E-state index contributed by atoms with van der Waals surface area (Å²) >= 11 is 2.98. The number of nitrogens with zero attached hydrogens (tertiary/aromatic N) is 5. The van der Waals surface area contributed by atoms with E-state index in [0.29, 0.717) is 30.6 Å². The molecule has 1 aliphatic rings. The zero-order valence-electron chi connectivity index (χ0n) is 15.6. The molecule has 0 bridgehead atoms. The highest BCUT2D eigenvalue weighted by atomic mass is 32.2. The van der Waals surface area contributed by atoms with Crippen LogP contribution in [0, 0.1) is 0 Å². The van der Waals surface area contributed by atoms with Gasteiger partial charge in [-0.05, 0) is 19.1 Å². The molecule has 2 aromatic heterocycles. The van der Waals surface area contributed by atoms with E-state index in [4.69, 9.17) is 9.72 Å². The maximum absolute atomic E-state index is 12.2. The van der Waals surface area contributed by atoms with Crippen LogP contribution >= 0.6 is 23.1 Å². The minimum absolute atomic E-state index is 0.0672. The summed E-state index contributed by atoms with van der Waals surface area (Å²) in [6.07, 6.45) is 0. The molecule has 3 aromatic rings. The second kappa shape index (κ2) is 8.99.